The highest BCUT2D eigenvalue weighted by atomic mass is 19.3. The Morgan fingerprint density at radius 1 is 1.22 bits per heavy atom. The highest BCUT2D eigenvalue weighted by Crippen LogP contribution is 2.50. The lowest BCUT2D eigenvalue weighted by atomic mass is 9.97. The molecule has 2 fully saturated rings. The molecule has 0 spiro atoms. The van der Waals surface area contributed by atoms with Crippen LogP contribution < -0.4 is 4.74 Å². The van der Waals surface area contributed by atoms with Gasteiger partial charge >= 0.3 is 6.61 Å². The van der Waals surface area contributed by atoms with E-state index < -0.39 is 31.6 Å². The molecule has 7 rings (SSSR count). The highest BCUT2D eigenvalue weighted by Gasteiger charge is 2.45. The van der Waals surface area contributed by atoms with E-state index in [1.807, 2.05) is 21.6 Å². The lowest BCUT2D eigenvalue weighted by Crippen LogP contribution is -2.50. The molecule has 2 aromatic carbocycles. The molecule has 3 aromatic rings. The number of carbonyl (C=O) groups is 2. The van der Waals surface area contributed by atoms with Crippen LogP contribution in [0.15, 0.2) is 36.4 Å². The highest BCUT2D eigenvalue weighted by molar-refractivity contribution is 5.98. The number of benzene rings is 2. The summed E-state index contributed by atoms with van der Waals surface area (Å²) < 4.78 is 57.7. The van der Waals surface area contributed by atoms with Gasteiger partial charge in [-0.2, -0.15) is 8.78 Å². The summed E-state index contributed by atoms with van der Waals surface area (Å²) >= 11 is 0. The van der Waals surface area contributed by atoms with Crippen LogP contribution in [0.2, 0.25) is 0 Å². The first-order valence-corrected chi connectivity index (χ1v) is 12.3. The zero-order valence-electron chi connectivity index (χ0n) is 22.7. The smallest absolute Gasteiger partial charge is 0.387 e. The summed E-state index contributed by atoms with van der Waals surface area (Å²) in [5.74, 6) is 6.36. The Balaban J connectivity index is 1.30. The Hall–Kier alpha value is -3.93. The second-order valence-electron chi connectivity index (χ2n) is 10.1. The Kier molecular flexibility index (Phi) is 4.17. The van der Waals surface area contributed by atoms with Crippen LogP contribution in [0.3, 0.4) is 0 Å². The number of likely N-dealkylation sites (tertiary alicyclic amines) is 1. The summed E-state index contributed by atoms with van der Waals surface area (Å²) in [4.78, 5) is 33.1. The number of aromatic nitrogens is 2. The third kappa shape index (κ3) is 3.50. The van der Waals surface area contributed by atoms with Crippen LogP contribution in [0.25, 0.3) is 11.0 Å². The fourth-order valence-electron chi connectivity index (χ4n) is 5.71. The SMILES string of the molecule is [2H]C([2H])([2H])N1C(=O)c2cccc(OC(F)F)c2[C@H]2C[C@@H]1c1nc3ccc(C#CC4CN(C(=O)C5CC5)C4)cc3n12. The number of hydrogen-bond donors (Lipinski definition) is 0. The van der Waals surface area contributed by atoms with Gasteiger partial charge in [0.1, 0.15) is 11.6 Å². The molecule has 37 heavy (non-hydrogen) atoms. The number of nitrogens with zero attached hydrogens (tertiary/aromatic N) is 4. The Bertz CT molecular complexity index is 1630. The molecule has 2 amide bonds. The molecule has 1 saturated heterocycles. The van der Waals surface area contributed by atoms with Gasteiger partial charge in [-0.05, 0) is 43.2 Å². The van der Waals surface area contributed by atoms with Gasteiger partial charge in [0.2, 0.25) is 5.91 Å². The van der Waals surface area contributed by atoms with Crippen LogP contribution in [-0.4, -0.2) is 57.8 Å². The average Bonchev–Trinajstić information content (AvgIpc) is 3.59. The monoisotopic (exact) mass is 505 g/mol. The number of carbonyl (C=O) groups excluding carboxylic acids is 2. The number of fused-ring (bicyclic) bond motifs is 9. The third-order valence-corrected chi connectivity index (χ3v) is 7.69. The lowest BCUT2D eigenvalue weighted by Gasteiger charge is -2.36. The summed E-state index contributed by atoms with van der Waals surface area (Å²) in [6, 6.07) is 8.13. The van der Waals surface area contributed by atoms with Crippen molar-refractivity contribution < 1.29 is 27.2 Å². The maximum Gasteiger partial charge on any atom is 0.387 e. The van der Waals surface area contributed by atoms with Crippen molar-refractivity contribution >= 4 is 22.8 Å². The Morgan fingerprint density at radius 3 is 2.81 bits per heavy atom. The molecule has 7 nitrogen and oxygen atoms in total. The van der Waals surface area contributed by atoms with Gasteiger partial charge in [-0.3, -0.25) is 9.59 Å². The first-order valence-electron chi connectivity index (χ1n) is 13.8. The van der Waals surface area contributed by atoms with Crippen molar-refractivity contribution in [2.24, 2.45) is 11.8 Å². The third-order valence-electron chi connectivity index (χ3n) is 7.69. The molecule has 1 saturated carbocycles. The van der Waals surface area contributed by atoms with E-state index in [2.05, 4.69) is 11.8 Å². The Labute approximate surface area is 216 Å². The van der Waals surface area contributed by atoms with E-state index in [1.165, 1.54) is 18.2 Å². The topological polar surface area (TPSA) is 67.7 Å². The standard InChI is InChI=1S/C28H24F2N4O3/c1-32-22-12-21(24-18(27(32)36)3-2-4-23(24)37-28(29)30)34-20-11-15(7-10-19(20)31-25(22)34)5-6-16-13-33(14-16)26(35)17-8-9-17/h2-4,7,10-11,16-17,21-22,28H,8-9,12-14H2,1H3/t21-,22-/m1/s1/i1D3. The largest absolute Gasteiger partial charge is 0.434 e. The summed E-state index contributed by atoms with van der Waals surface area (Å²) in [6.07, 6.45) is 2.10. The number of imidazole rings is 1. The van der Waals surface area contributed by atoms with Crippen LogP contribution >= 0.6 is 0 Å². The summed E-state index contributed by atoms with van der Waals surface area (Å²) in [7, 11) is 0. The molecule has 188 valence electrons. The zero-order valence-corrected chi connectivity index (χ0v) is 19.7. The van der Waals surface area contributed by atoms with Crippen molar-refractivity contribution in [1.29, 1.82) is 0 Å². The summed E-state index contributed by atoms with van der Waals surface area (Å²) in [5.41, 5.74) is 2.18. The number of alkyl halides is 2. The molecular weight excluding hydrogens is 478 g/mol. The van der Waals surface area contributed by atoms with Gasteiger partial charge in [-0.15, -0.1) is 0 Å². The van der Waals surface area contributed by atoms with E-state index in [0.717, 1.165) is 17.7 Å². The van der Waals surface area contributed by atoms with Crippen LogP contribution in [0.5, 0.6) is 5.75 Å². The molecule has 4 heterocycles. The molecule has 1 aliphatic carbocycles. The number of amides is 2. The van der Waals surface area contributed by atoms with E-state index in [1.54, 1.807) is 6.07 Å². The van der Waals surface area contributed by atoms with Gasteiger partial charge < -0.3 is 19.1 Å². The predicted molar refractivity (Wildman–Crippen MR) is 130 cm³/mol. The molecule has 0 N–H and O–H groups in total. The molecule has 2 bridgehead atoms. The second-order valence-corrected chi connectivity index (χ2v) is 10.1. The van der Waals surface area contributed by atoms with Crippen molar-refractivity contribution in [3.8, 4) is 17.6 Å². The molecule has 0 unspecified atom stereocenters. The minimum atomic E-state index is -3.12. The lowest BCUT2D eigenvalue weighted by molar-refractivity contribution is -0.137. The summed E-state index contributed by atoms with van der Waals surface area (Å²) in [5, 5.41) is 0. The maximum absolute atomic E-state index is 13.5. The van der Waals surface area contributed by atoms with E-state index in [4.69, 9.17) is 13.8 Å². The molecule has 1 aromatic heterocycles. The minimum Gasteiger partial charge on any atom is -0.434 e. The van der Waals surface area contributed by atoms with E-state index in [9.17, 15) is 18.4 Å². The van der Waals surface area contributed by atoms with Gasteiger partial charge in [-0.1, -0.05) is 17.9 Å². The van der Waals surface area contributed by atoms with Crippen molar-refractivity contribution in [1.82, 2.24) is 19.4 Å². The van der Waals surface area contributed by atoms with Crippen LogP contribution in [-0.2, 0) is 4.79 Å². The minimum absolute atomic E-state index is 0.0144. The van der Waals surface area contributed by atoms with Gasteiger partial charge in [0, 0.05) is 53.2 Å². The van der Waals surface area contributed by atoms with Gasteiger partial charge in [-0.25, -0.2) is 4.98 Å². The van der Waals surface area contributed by atoms with Gasteiger partial charge in [0.05, 0.1) is 29.0 Å². The van der Waals surface area contributed by atoms with E-state index in [0.29, 0.717) is 35.5 Å². The van der Waals surface area contributed by atoms with Crippen LogP contribution in [0.1, 0.15) is 62.8 Å². The van der Waals surface area contributed by atoms with Gasteiger partial charge in [0.15, 0.2) is 0 Å². The molecule has 9 heteroatoms. The number of rotatable bonds is 3. The quantitative estimate of drug-likeness (QED) is 0.505. The van der Waals surface area contributed by atoms with Crippen molar-refractivity contribution in [2.75, 3.05) is 20.1 Å². The van der Waals surface area contributed by atoms with E-state index in [-0.39, 0.29) is 41.0 Å². The molecule has 2 atom stereocenters. The van der Waals surface area contributed by atoms with E-state index >= 15 is 0 Å². The summed E-state index contributed by atoms with van der Waals surface area (Å²) in [6.45, 7) is -4.66. The molecule has 0 radical (unpaired) electrons. The molecular formula is C28H24F2N4O3. The molecule has 3 aliphatic heterocycles. The molecule has 4 aliphatic rings. The fourth-order valence-corrected chi connectivity index (χ4v) is 5.71. The predicted octanol–water partition coefficient (Wildman–Crippen LogP) is 3.98. The first-order chi connectivity index (χ1) is 19.1. The van der Waals surface area contributed by atoms with Crippen molar-refractivity contribution in [3.05, 3.63) is 58.9 Å². The normalized spacial score (nSPS) is 23.9. The van der Waals surface area contributed by atoms with Gasteiger partial charge in [0.25, 0.3) is 5.91 Å². The number of halogens is 2. The Morgan fingerprint density at radius 2 is 2.05 bits per heavy atom. The number of ether oxygens (including phenoxy) is 1. The van der Waals surface area contributed by atoms with Crippen molar-refractivity contribution in [2.45, 2.75) is 38.0 Å². The van der Waals surface area contributed by atoms with Crippen LogP contribution in [0, 0.1) is 23.7 Å². The number of hydrogen-bond acceptors (Lipinski definition) is 4. The second kappa shape index (κ2) is 8.04. The first kappa shape index (κ1) is 19.2. The zero-order chi connectivity index (χ0) is 27.9. The maximum atomic E-state index is 13.5. The van der Waals surface area contributed by atoms with Crippen molar-refractivity contribution in [3.63, 3.8) is 0 Å². The fraction of sp³-hybridized carbons (Fsp3) is 0.393. The average molecular weight is 506 g/mol. The van der Waals surface area contributed by atoms with Crippen LogP contribution in [0.4, 0.5) is 8.78 Å².